The molecule has 0 amide bonds. The number of halogens is 1. The molecule has 0 saturated heterocycles. The minimum absolute atomic E-state index is 0.251. The number of benzene rings is 2. The van der Waals surface area contributed by atoms with E-state index in [0.29, 0.717) is 10.6 Å². The quantitative estimate of drug-likeness (QED) is 0.862. The van der Waals surface area contributed by atoms with Crippen molar-refractivity contribution in [2.75, 3.05) is 19.0 Å². The van der Waals surface area contributed by atoms with Crippen LogP contribution in [-0.2, 0) is 6.42 Å². The van der Waals surface area contributed by atoms with Crippen LogP contribution in [0.4, 0.5) is 5.69 Å². The van der Waals surface area contributed by atoms with E-state index in [1.807, 2.05) is 37.2 Å². The smallest absolute Gasteiger partial charge is 0.191 e. The molecule has 21 heavy (non-hydrogen) atoms. The number of carbonyl (C=O) groups excluding carboxylic acids is 1. The van der Waals surface area contributed by atoms with Gasteiger partial charge in [-0.15, -0.1) is 0 Å². The van der Waals surface area contributed by atoms with Gasteiger partial charge in [-0.1, -0.05) is 48.0 Å². The Morgan fingerprint density at radius 3 is 2.43 bits per heavy atom. The van der Waals surface area contributed by atoms with Crippen LogP contribution >= 0.6 is 11.6 Å². The molecule has 1 unspecified atom stereocenters. The first kappa shape index (κ1) is 15.5. The molecule has 0 aliphatic heterocycles. The van der Waals surface area contributed by atoms with E-state index in [1.54, 1.807) is 30.3 Å². The molecule has 0 radical (unpaired) electrons. The summed E-state index contributed by atoms with van der Waals surface area (Å²) in [5.41, 5.74) is 2.26. The molecule has 1 N–H and O–H groups in total. The molecule has 2 aromatic carbocycles. The number of aliphatic hydroxyl groups is 1. The lowest BCUT2D eigenvalue weighted by Gasteiger charge is -2.16. The van der Waals surface area contributed by atoms with Crippen LogP contribution in [-0.4, -0.2) is 31.1 Å². The Balaban J connectivity index is 2.11. The Kier molecular flexibility index (Phi) is 4.99. The minimum atomic E-state index is -1.06. The number of Topliss-reactive ketones (excluding diaryl/α,β-unsaturated/α-hetero) is 1. The van der Waals surface area contributed by atoms with Crippen LogP contribution in [0.25, 0.3) is 0 Å². The first-order valence-electron chi connectivity index (χ1n) is 6.72. The third kappa shape index (κ3) is 3.84. The highest BCUT2D eigenvalue weighted by molar-refractivity contribution is 6.33. The summed E-state index contributed by atoms with van der Waals surface area (Å²) in [5, 5.41) is 10.7. The Morgan fingerprint density at radius 2 is 1.86 bits per heavy atom. The van der Waals surface area contributed by atoms with Gasteiger partial charge in [0.2, 0.25) is 0 Å². The second kappa shape index (κ2) is 6.74. The lowest BCUT2D eigenvalue weighted by molar-refractivity contribution is 0.0748. The zero-order valence-electron chi connectivity index (χ0n) is 12.1. The molecular formula is C17H18ClNO2. The second-order valence-corrected chi connectivity index (χ2v) is 5.54. The van der Waals surface area contributed by atoms with Crippen molar-refractivity contribution in [2.24, 2.45) is 0 Å². The van der Waals surface area contributed by atoms with Gasteiger partial charge in [-0.25, -0.2) is 0 Å². The maximum absolute atomic E-state index is 12.1. The van der Waals surface area contributed by atoms with Gasteiger partial charge in [-0.3, -0.25) is 4.79 Å². The number of anilines is 1. The van der Waals surface area contributed by atoms with E-state index in [4.69, 9.17) is 11.6 Å². The molecule has 1 atom stereocenters. The highest BCUT2D eigenvalue weighted by Crippen LogP contribution is 2.25. The average molecular weight is 304 g/mol. The van der Waals surface area contributed by atoms with Crippen LogP contribution in [0.15, 0.2) is 48.5 Å². The fourth-order valence-electron chi connectivity index (χ4n) is 2.15. The van der Waals surface area contributed by atoms with Crippen molar-refractivity contribution in [2.45, 2.75) is 12.5 Å². The third-order valence-corrected chi connectivity index (χ3v) is 3.59. The molecule has 3 nitrogen and oxygen atoms in total. The molecule has 0 bridgehead atoms. The predicted octanol–water partition coefficient (Wildman–Crippen LogP) is 3.19. The van der Waals surface area contributed by atoms with Gasteiger partial charge in [-0.2, -0.15) is 0 Å². The fourth-order valence-corrected chi connectivity index (χ4v) is 2.52. The van der Waals surface area contributed by atoms with E-state index in [-0.39, 0.29) is 12.2 Å². The summed E-state index contributed by atoms with van der Waals surface area (Å²) in [6.45, 7) is 0. The van der Waals surface area contributed by atoms with Crippen molar-refractivity contribution in [3.63, 3.8) is 0 Å². The van der Waals surface area contributed by atoms with Crippen molar-refractivity contribution in [3.8, 4) is 0 Å². The molecule has 2 aromatic rings. The maximum atomic E-state index is 12.1. The third-order valence-electron chi connectivity index (χ3n) is 3.28. The number of hydrogen-bond donors (Lipinski definition) is 1. The topological polar surface area (TPSA) is 40.5 Å². The number of nitrogens with zero attached hydrogens (tertiary/aromatic N) is 1. The Labute approximate surface area is 129 Å². The standard InChI is InChI=1S/C17H18ClNO2/c1-19(2)15-9-8-12(10-14(15)18)11-16(20)17(21)13-6-4-3-5-7-13/h3-10,16,20H,11H2,1-2H3. The molecule has 0 fully saturated rings. The number of carbonyl (C=O) groups is 1. The fraction of sp³-hybridized carbons (Fsp3) is 0.235. The van der Waals surface area contributed by atoms with E-state index in [9.17, 15) is 9.90 Å². The van der Waals surface area contributed by atoms with Crippen LogP contribution in [0, 0.1) is 0 Å². The molecule has 0 spiro atoms. The summed E-state index contributed by atoms with van der Waals surface area (Å²) in [4.78, 5) is 14.0. The lowest BCUT2D eigenvalue weighted by Crippen LogP contribution is -2.23. The van der Waals surface area contributed by atoms with Crippen molar-refractivity contribution in [1.29, 1.82) is 0 Å². The number of aliphatic hydroxyl groups excluding tert-OH is 1. The molecule has 0 aliphatic rings. The van der Waals surface area contributed by atoms with Gasteiger partial charge in [0.25, 0.3) is 0 Å². The predicted molar refractivity (Wildman–Crippen MR) is 86.3 cm³/mol. The van der Waals surface area contributed by atoms with Gasteiger partial charge >= 0.3 is 0 Å². The van der Waals surface area contributed by atoms with Crippen LogP contribution in [0.2, 0.25) is 5.02 Å². The van der Waals surface area contributed by atoms with Gasteiger partial charge in [0.15, 0.2) is 5.78 Å². The number of ketones is 1. The lowest BCUT2D eigenvalue weighted by atomic mass is 10.00. The summed E-state index contributed by atoms with van der Waals surface area (Å²) in [7, 11) is 3.82. The number of rotatable bonds is 5. The van der Waals surface area contributed by atoms with E-state index >= 15 is 0 Å². The van der Waals surface area contributed by atoms with Crippen molar-refractivity contribution >= 4 is 23.1 Å². The molecule has 0 aromatic heterocycles. The summed E-state index contributed by atoms with van der Waals surface area (Å²) < 4.78 is 0. The Morgan fingerprint density at radius 1 is 1.19 bits per heavy atom. The maximum Gasteiger partial charge on any atom is 0.191 e. The van der Waals surface area contributed by atoms with Crippen LogP contribution in [0.5, 0.6) is 0 Å². The second-order valence-electron chi connectivity index (χ2n) is 5.13. The molecule has 2 rings (SSSR count). The minimum Gasteiger partial charge on any atom is -0.385 e. The van der Waals surface area contributed by atoms with Crippen LogP contribution in [0.3, 0.4) is 0 Å². The first-order valence-corrected chi connectivity index (χ1v) is 7.10. The van der Waals surface area contributed by atoms with Gasteiger partial charge < -0.3 is 10.0 Å². The van der Waals surface area contributed by atoms with Crippen molar-refractivity contribution in [3.05, 3.63) is 64.7 Å². The molecule has 0 aliphatic carbocycles. The van der Waals surface area contributed by atoms with E-state index < -0.39 is 6.10 Å². The largest absolute Gasteiger partial charge is 0.385 e. The van der Waals surface area contributed by atoms with Crippen molar-refractivity contribution < 1.29 is 9.90 Å². The van der Waals surface area contributed by atoms with E-state index in [0.717, 1.165) is 11.3 Å². The van der Waals surface area contributed by atoms with Gasteiger partial charge in [0.1, 0.15) is 6.10 Å². The highest BCUT2D eigenvalue weighted by atomic mass is 35.5. The molecule has 110 valence electrons. The van der Waals surface area contributed by atoms with Crippen LogP contribution in [0.1, 0.15) is 15.9 Å². The zero-order valence-corrected chi connectivity index (χ0v) is 12.8. The Bertz CT molecular complexity index is 626. The normalized spacial score (nSPS) is 12.0. The zero-order chi connectivity index (χ0) is 15.4. The summed E-state index contributed by atoms with van der Waals surface area (Å²) in [6, 6.07) is 14.4. The van der Waals surface area contributed by atoms with Gasteiger partial charge in [-0.05, 0) is 17.7 Å². The van der Waals surface area contributed by atoms with Gasteiger partial charge in [0.05, 0.1) is 10.7 Å². The summed E-state index contributed by atoms with van der Waals surface area (Å²) in [5.74, 6) is -0.275. The first-order chi connectivity index (χ1) is 9.99. The SMILES string of the molecule is CN(C)c1ccc(CC(O)C(=O)c2ccccc2)cc1Cl. The molecule has 0 saturated carbocycles. The highest BCUT2D eigenvalue weighted by Gasteiger charge is 2.18. The van der Waals surface area contributed by atoms with Crippen LogP contribution < -0.4 is 4.90 Å². The van der Waals surface area contributed by atoms with Gasteiger partial charge in [0, 0.05) is 26.1 Å². The summed E-state index contributed by atoms with van der Waals surface area (Å²) in [6.07, 6.45) is -0.810. The molecule has 0 heterocycles. The number of hydrogen-bond acceptors (Lipinski definition) is 3. The average Bonchev–Trinajstić information content (AvgIpc) is 2.47. The molecular weight excluding hydrogens is 286 g/mol. The van der Waals surface area contributed by atoms with Crippen molar-refractivity contribution in [1.82, 2.24) is 0 Å². The van der Waals surface area contributed by atoms with E-state index in [1.165, 1.54) is 0 Å². The van der Waals surface area contributed by atoms with E-state index in [2.05, 4.69) is 0 Å². The Hall–Kier alpha value is -1.84. The monoisotopic (exact) mass is 303 g/mol. The summed E-state index contributed by atoms with van der Waals surface area (Å²) >= 11 is 6.20. The molecule has 4 heteroatoms.